The minimum Gasteiger partial charge on any atom is -0.404 e. The van der Waals surface area contributed by atoms with Gasteiger partial charge in [-0.15, -0.1) is 23.2 Å². The van der Waals surface area contributed by atoms with Gasteiger partial charge in [0.05, 0.1) is 11.7 Å². The van der Waals surface area contributed by atoms with Crippen molar-refractivity contribution in [2.75, 3.05) is 0 Å². The summed E-state index contributed by atoms with van der Waals surface area (Å²) in [6.45, 7) is 6.59. The number of hydrogen-bond donors (Lipinski definition) is 0. The number of rotatable bonds is 1. The Hall–Kier alpha value is 0.565. The van der Waals surface area contributed by atoms with Crippen molar-refractivity contribution in [3.8, 4) is 0 Å². The largest absolute Gasteiger partial charge is 0.492 e. The first kappa shape index (κ1) is 12.0. The summed E-state index contributed by atoms with van der Waals surface area (Å²) in [5.74, 6) is 1.17. The zero-order valence-electron chi connectivity index (χ0n) is 9.37. The van der Waals surface area contributed by atoms with Crippen LogP contribution in [0, 0.1) is 11.8 Å². The van der Waals surface area contributed by atoms with Gasteiger partial charge in [0.25, 0.3) is 0 Å². The average molecular weight is 251 g/mol. The topological polar surface area (TPSA) is 18.5 Å². The van der Waals surface area contributed by atoms with Crippen LogP contribution < -0.4 is 0 Å². The maximum atomic E-state index is 5.89. The van der Waals surface area contributed by atoms with Crippen molar-refractivity contribution < 1.29 is 9.31 Å². The molecule has 0 spiro atoms. The smallest absolute Gasteiger partial charge is 0.404 e. The molecule has 1 saturated heterocycles. The van der Waals surface area contributed by atoms with Crippen molar-refractivity contribution >= 4 is 30.3 Å². The highest BCUT2D eigenvalue weighted by molar-refractivity contribution is 6.73. The fraction of sp³-hybridized carbons (Fsp3) is 1.00. The second-order valence-electron chi connectivity index (χ2n) is 5.11. The molecular formula is C10H17BCl2O2. The molecule has 2 nitrogen and oxygen atoms in total. The number of alkyl halides is 2. The lowest BCUT2D eigenvalue weighted by Gasteiger charge is -2.42. The van der Waals surface area contributed by atoms with Crippen LogP contribution in [-0.2, 0) is 9.31 Å². The normalized spacial score (nSPS) is 46.0. The maximum Gasteiger partial charge on any atom is 0.492 e. The van der Waals surface area contributed by atoms with E-state index in [1.165, 1.54) is 6.42 Å². The summed E-state index contributed by atoms with van der Waals surface area (Å²) in [6.07, 6.45) is 2.36. The fourth-order valence-corrected chi connectivity index (χ4v) is 3.01. The van der Waals surface area contributed by atoms with E-state index in [0.717, 1.165) is 6.42 Å². The van der Waals surface area contributed by atoms with Gasteiger partial charge in [-0.2, -0.15) is 0 Å². The molecule has 4 atom stereocenters. The Balaban J connectivity index is 2.15. The van der Waals surface area contributed by atoms with E-state index in [4.69, 9.17) is 32.5 Å². The molecule has 1 heterocycles. The van der Waals surface area contributed by atoms with Gasteiger partial charge >= 0.3 is 7.12 Å². The Morgan fingerprint density at radius 3 is 2.60 bits per heavy atom. The van der Waals surface area contributed by atoms with E-state index in [1.54, 1.807) is 0 Å². The average Bonchev–Trinajstić information content (AvgIpc) is 2.45. The van der Waals surface area contributed by atoms with Crippen LogP contribution >= 0.6 is 23.2 Å². The molecule has 0 bridgehead atoms. The quantitative estimate of drug-likeness (QED) is 0.526. The molecule has 2 aliphatic rings. The molecule has 86 valence electrons. The Labute approximate surface area is 102 Å². The molecular weight excluding hydrogens is 234 g/mol. The minimum atomic E-state index is -0.602. The van der Waals surface area contributed by atoms with Gasteiger partial charge < -0.3 is 9.31 Å². The first-order valence-corrected chi connectivity index (χ1v) is 6.42. The summed E-state index contributed by atoms with van der Waals surface area (Å²) in [4.78, 5) is 0. The van der Waals surface area contributed by atoms with Gasteiger partial charge in [-0.3, -0.25) is 0 Å². The summed E-state index contributed by atoms with van der Waals surface area (Å²) in [5, 5.41) is 0. The molecule has 0 N–H and O–H groups in total. The van der Waals surface area contributed by atoms with Gasteiger partial charge in [0.2, 0.25) is 0 Å². The van der Waals surface area contributed by atoms with E-state index in [9.17, 15) is 0 Å². The number of fused-ring (bicyclic) bond motifs is 1. The van der Waals surface area contributed by atoms with Crippen LogP contribution in [0.4, 0.5) is 0 Å². The lowest BCUT2D eigenvalue weighted by atomic mass is 9.71. The van der Waals surface area contributed by atoms with E-state index in [-0.39, 0.29) is 11.7 Å². The van der Waals surface area contributed by atoms with Crippen LogP contribution in [0.15, 0.2) is 0 Å². The highest BCUT2D eigenvalue weighted by atomic mass is 35.5. The van der Waals surface area contributed by atoms with Crippen molar-refractivity contribution in [3.05, 3.63) is 0 Å². The molecule has 2 fully saturated rings. The first-order chi connectivity index (χ1) is 6.93. The van der Waals surface area contributed by atoms with Gasteiger partial charge in [-0.1, -0.05) is 13.8 Å². The molecule has 2 rings (SSSR count). The van der Waals surface area contributed by atoms with Gasteiger partial charge in [0.15, 0.2) is 0 Å². The monoisotopic (exact) mass is 250 g/mol. The molecule has 1 saturated carbocycles. The fourth-order valence-electron chi connectivity index (χ4n) is 2.78. The summed E-state index contributed by atoms with van der Waals surface area (Å²) in [6, 6.07) is 0. The Morgan fingerprint density at radius 1 is 1.33 bits per heavy atom. The van der Waals surface area contributed by atoms with E-state index in [1.807, 2.05) is 0 Å². The summed E-state index contributed by atoms with van der Waals surface area (Å²) < 4.78 is 11.1. The van der Waals surface area contributed by atoms with Crippen molar-refractivity contribution in [3.63, 3.8) is 0 Å². The zero-order valence-corrected chi connectivity index (χ0v) is 10.9. The highest BCUT2D eigenvalue weighted by Gasteiger charge is 2.55. The molecule has 15 heavy (non-hydrogen) atoms. The molecule has 1 aliphatic heterocycles. The van der Waals surface area contributed by atoms with E-state index < -0.39 is 11.9 Å². The van der Waals surface area contributed by atoms with Crippen LogP contribution in [0.1, 0.15) is 33.6 Å². The molecule has 0 aromatic heterocycles. The third kappa shape index (κ3) is 2.04. The van der Waals surface area contributed by atoms with Gasteiger partial charge in [-0.05, 0) is 31.6 Å². The lowest BCUT2D eigenvalue weighted by Crippen LogP contribution is -2.48. The van der Waals surface area contributed by atoms with Crippen molar-refractivity contribution in [2.45, 2.75) is 50.1 Å². The number of halogens is 2. The molecule has 5 heteroatoms. The summed E-state index contributed by atoms with van der Waals surface area (Å²) in [5.41, 5.74) is -0.209. The SMILES string of the molecule is C[C@H]1C[C@@H](C)[C@]2(C)OB(C(Cl)Cl)O[C@@H]2C1. The Morgan fingerprint density at radius 2 is 2.00 bits per heavy atom. The first-order valence-electron chi connectivity index (χ1n) is 5.55. The highest BCUT2D eigenvalue weighted by Crippen LogP contribution is 2.46. The molecule has 1 aliphatic carbocycles. The molecule has 0 radical (unpaired) electrons. The summed E-state index contributed by atoms with van der Waals surface area (Å²) in [7, 11) is -0.462. The minimum absolute atomic E-state index is 0.140. The van der Waals surface area contributed by atoms with Crippen LogP contribution in [0.25, 0.3) is 0 Å². The molecule has 0 aromatic rings. The van der Waals surface area contributed by atoms with Crippen LogP contribution in [-0.4, -0.2) is 23.6 Å². The van der Waals surface area contributed by atoms with Crippen molar-refractivity contribution in [1.82, 2.24) is 0 Å². The Kier molecular flexibility index (Phi) is 3.29. The standard InChI is InChI=1S/C10H17BCl2O2/c1-6-4-7(2)10(3)8(5-6)14-11(15-10)9(12)13/h6-9H,4-5H2,1-3H3/t6-,7+,8+,10-/m0/s1. The van der Waals surface area contributed by atoms with E-state index in [0.29, 0.717) is 11.8 Å². The second kappa shape index (κ2) is 4.10. The van der Waals surface area contributed by atoms with E-state index >= 15 is 0 Å². The van der Waals surface area contributed by atoms with Crippen molar-refractivity contribution in [1.29, 1.82) is 0 Å². The Bertz CT molecular complexity index is 252. The number of hydrogen-bond acceptors (Lipinski definition) is 2. The van der Waals surface area contributed by atoms with Crippen LogP contribution in [0.5, 0.6) is 0 Å². The van der Waals surface area contributed by atoms with Crippen LogP contribution in [0.2, 0.25) is 0 Å². The molecule has 0 unspecified atom stereocenters. The third-order valence-electron chi connectivity index (χ3n) is 3.86. The van der Waals surface area contributed by atoms with Crippen LogP contribution in [0.3, 0.4) is 0 Å². The van der Waals surface area contributed by atoms with Gasteiger partial charge in [0.1, 0.15) is 4.74 Å². The third-order valence-corrected chi connectivity index (χ3v) is 4.28. The summed E-state index contributed by atoms with van der Waals surface area (Å²) >= 11 is 11.6. The van der Waals surface area contributed by atoms with Gasteiger partial charge in [-0.25, -0.2) is 0 Å². The predicted octanol–water partition coefficient (Wildman–Crippen LogP) is 3.06. The molecule has 0 amide bonds. The molecule has 0 aromatic carbocycles. The predicted molar refractivity (Wildman–Crippen MR) is 63.2 cm³/mol. The zero-order chi connectivity index (χ0) is 11.2. The lowest BCUT2D eigenvalue weighted by molar-refractivity contribution is -0.0418. The van der Waals surface area contributed by atoms with Crippen molar-refractivity contribution in [2.24, 2.45) is 11.8 Å². The van der Waals surface area contributed by atoms with E-state index in [2.05, 4.69) is 20.8 Å². The maximum absolute atomic E-state index is 5.89. The van der Waals surface area contributed by atoms with Gasteiger partial charge in [0, 0.05) is 0 Å². The second-order valence-corrected chi connectivity index (χ2v) is 6.27.